The number of piperidine rings is 1. The van der Waals surface area contributed by atoms with E-state index in [1.165, 1.54) is 24.5 Å². The number of amides is 3. The van der Waals surface area contributed by atoms with E-state index in [2.05, 4.69) is 45.1 Å². The van der Waals surface area contributed by atoms with Crippen molar-refractivity contribution >= 4 is 23.4 Å². The number of anilines is 1. The number of nitrogens with one attached hydrogen (secondary N) is 3. The summed E-state index contributed by atoms with van der Waals surface area (Å²) in [4.78, 5) is 39.4. The van der Waals surface area contributed by atoms with Crippen molar-refractivity contribution in [3.05, 3.63) is 65.2 Å². The van der Waals surface area contributed by atoms with Gasteiger partial charge in [-0.05, 0) is 54.5 Å². The van der Waals surface area contributed by atoms with Crippen LogP contribution in [0.4, 0.5) is 5.69 Å². The molecule has 2 atom stereocenters. The van der Waals surface area contributed by atoms with Gasteiger partial charge in [-0.3, -0.25) is 19.3 Å². The van der Waals surface area contributed by atoms with Gasteiger partial charge in [0.25, 0.3) is 0 Å². The van der Waals surface area contributed by atoms with Crippen molar-refractivity contribution in [2.45, 2.75) is 39.2 Å². The second-order valence-corrected chi connectivity index (χ2v) is 9.41. The van der Waals surface area contributed by atoms with E-state index in [-0.39, 0.29) is 29.6 Å². The monoisotopic (exact) mass is 462 g/mol. The van der Waals surface area contributed by atoms with Crippen molar-refractivity contribution in [1.82, 2.24) is 15.5 Å². The quantitative estimate of drug-likeness (QED) is 0.526. The van der Waals surface area contributed by atoms with E-state index in [4.69, 9.17) is 0 Å². The molecule has 0 radical (unpaired) electrons. The minimum Gasteiger partial charge on any atom is -0.355 e. The first-order valence-electron chi connectivity index (χ1n) is 12.2. The highest BCUT2D eigenvalue weighted by atomic mass is 16.2. The Hall–Kier alpha value is -3.19. The summed E-state index contributed by atoms with van der Waals surface area (Å²) in [6, 6.07) is 16.3. The normalized spacial score (nSPS) is 19.8. The van der Waals surface area contributed by atoms with E-state index in [0.717, 1.165) is 24.1 Å². The minimum atomic E-state index is -0.287. The molecule has 0 aromatic heterocycles. The number of aryl methyl sites for hydroxylation is 2. The highest BCUT2D eigenvalue weighted by molar-refractivity contribution is 5.93. The fraction of sp³-hybridized carbons (Fsp3) is 0.444. The van der Waals surface area contributed by atoms with Crippen molar-refractivity contribution in [3.8, 4) is 0 Å². The van der Waals surface area contributed by atoms with Gasteiger partial charge in [0.1, 0.15) is 0 Å². The van der Waals surface area contributed by atoms with Crippen molar-refractivity contribution in [1.29, 1.82) is 0 Å². The molecule has 1 heterocycles. The van der Waals surface area contributed by atoms with E-state index in [9.17, 15) is 14.4 Å². The van der Waals surface area contributed by atoms with Crippen LogP contribution in [0.3, 0.4) is 0 Å². The first-order chi connectivity index (χ1) is 16.5. The summed E-state index contributed by atoms with van der Waals surface area (Å²) in [5.41, 5.74) is 4.69. The first-order valence-corrected chi connectivity index (χ1v) is 12.2. The molecule has 1 saturated heterocycles. The third-order valence-electron chi connectivity index (χ3n) is 6.68. The number of carbonyl (C=O) groups is 3. The summed E-state index contributed by atoms with van der Waals surface area (Å²) in [5.74, 6) is -0.795. The van der Waals surface area contributed by atoms with E-state index in [1.54, 1.807) is 0 Å². The zero-order valence-corrected chi connectivity index (χ0v) is 19.8. The molecule has 2 aliphatic rings. The van der Waals surface area contributed by atoms with Gasteiger partial charge < -0.3 is 16.0 Å². The van der Waals surface area contributed by atoms with Gasteiger partial charge in [-0.25, -0.2) is 0 Å². The van der Waals surface area contributed by atoms with Crippen molar-refractivity contribution in [2.24, 2.45) is 11.8 Å². The molecule has 3 amide bonds. The summed E-state index contributed by atoms with van der Waals surface area (Å²) in [5, 5.41) is 8.71. The molecule has 0 saturated carbocycles. The standard InChI is InChI=1S/C27H34N4O3/c1-19(32)28-12-13-29-26(33)23-14-24(18-31(17-23)16-20-6-3-2-4-7-20)27(34)30-25-11-10-21-8-5-9-22(21)15-25/h2-4,6-7,10-11,15,23-24H,5,8-9,12-14,16-18H2,1H3,(H,28,32)(H,29,33)(H,30,34)/t23-,24+/m0/s1. The lowest BCUT2D eigenvalue weighted by Crippen LogP contribution is -2.49. The Labute approximate surface area is 201 Å². The molecule has 7 nitrogen and oxygen atoms in total. The third kappa shape index (κ3) is 6.44. The molecule has 0 bridgehead atoms. The average molecular weight is 463 g/mol. The lowest BCUT2D eigenvalue weighted by molar-refractivity contribution is -0.130. The Morgan fingerprint density at radius 3 is 2.35 bits per heavy atom. The van der Waals surface area contributed by atoms with Crippen molar-refractivity contribution < 1.29 is 14.4 Å². The molecule has 0 spiro atoms. The Balaban J connectivity index is 1.42. The molecule has 180 valence electrons. The van der Waals surface area contributed by atoms with Gasteiger partial charge >= 0.3 is 0 Å². The summed E-state index contributed by atoms with van der Waals surface area (Å²) in [6.07, 6.45) is 3.85. The summed E-state index contributed by atoms with van der Waals surface area (Å²) in [6.45, 7) is 4.13. The van der Waals surface area contributed by atoms with Gasteiger partial charge in [-0.1, -0.05) is 36.4 Å². The largest absolute Gasteiger partial charge is 0.355 e. The highest BCUT2D eigenvalue weighted by Crippen LogP contribution is 2.28. The number of likely N-dealkylation sites (tertiary alicyclic amines) is 1. The predicted molar refractivity (Wildman–Crippen MR) is 132 cm³/mol. The van der Waals surface area contributed by atoms with Crippen LogP contribution in [0, 0.1) is 11.8 Å². The number of nitrogens with zero attached hydrogens (tertiary/aromatic N) is 1. The second kappa shape index (κ2) is 11.3. The van der Waals surface area contributed by atoms with Crippen LogP contribution in [0.1, 0.15) is 36.5 Å². The van der Waals surface area contributed by atoms with E-state index < -0.39 is 0 Å². The highest BCUT2D eigenvalue weighted by Gasteiger charge is 2.35. The van der Waals surface area contributed by atoms with Crippen LogP contribution in [0.5, 0.6) is 0 Å². The average Bonchev–Trinajstić information content (AvgIpc) is 3.30. The van der Waals surface area contributed by atoms with Crippen LogP contribution in [0.2, 0.25) is 0 Å². The van der Waals surface area contributed by atoms with E-state index in [0.29, 0.717) is 39.1 Å². The predicted octanol–water partition coefficient (Wildman–Crippen LogP) is 2.50. The maximum atomic E-state index is 13.3. The lowest BCUT2D eigenvalue weighted by atomic mass is 9.87. The first kappa shape index (κ1) is 24.0. The van der Waals surface area contributed by atoms with Crippen LogP contribution in [-0.2, 0) is 33.8 Å². The van der Waals surface area contributed by atoms with E-state index >= 15 is 0 Å². The topological polar surface area (TPSA) is 90.5 Å². The van der Waals surface area contributed by atoms with Gasteiger partial charge in [0.05, 0.1) is 11.8 Å². The lowest BCUT2D eigenvalue weighted by Gasteiger charge is -2.36. The number of hydrogen-bond donors (Lipinski definition) is 3. The number of rotatable bonds is 8. The van der Waals surface area contributed by atoms with Crippen LogP contribution in [-0.4, -0.2) is 48.8 Å². The molecule has 1 aliphatic carbocycles. The number of fused-ring (bicyclic) bond motifs is 1. The molecule has 4 rings (SSSR count). The molecular weight excluding hydrogens is 428 g/mol. The number of hydrogen-bond acceptors (Lipinski definition) is 4. The van der Waals surface area contributed by atoms with Gasteiger partial charge in [0.15, 0.2) is 0 Å². The molecular formula is C27H34N4O3. The van der Waals surface area contributed by atoms with Crippen molar-refractivity contribution in [2.75, 3.05) is 31.5 Å². The Bertz CT molecular complexity index is 1020. The molecule has 2 aromatic carbocycles. The number of carbonyl (C=O) groups excluding carboxylic acids is 3. The van der Waals surface area contributed by atoms with Crippen LogP contribution < -0.4 is 16.0 Å². The maximum absolute atomic E-state index is 13.3. The molecule has 3 N–H and O–H groups in total. The Morgan fingerprint density at radius 1 is 0.882 bits per heavy atom. The number of benzene rings is 2. The van der Waals surface area contributed by atoms with Crippen LogP contribution in [0.15, 0.2) is 48.5 Å². The zero-order valence-electron chi connectivity index (χ0n) is 19.8. The fourth-order valence-electron chi connectivity index (χ4n) is 5.00. The minimum absolute atomic E-state index is 0.0354. The maximum Gasteiger partial charge on any atom is 0.228 e. The molecule has 0 unspecified atom stereocenters. The molecule has 34 heavy (non-hydrogen) atoms. The molecule has 2 aromatic rings. The summed E-state index contributed by atoms with van der Waals surface area (Å²) < 4.78 is 0. The Kier molecular flexibility index (Phi) is 7.95. The summed E-state index contributed by atoms with van der Waals surface area (Å²) >= 11 is 0. The molecule has 1 fully saturated rings. The van der Waals surface area contributed by atoms with Gasteiger partial charge in [0, 0.05) is 45.3 Å². The zero-order chi connectivity index (χ0) is 23.9. The SMILES string of the molecule is CC(=O)NCCNC(=O)[C@H]1C[C@@H](C(=O)Nc2ccc3c(c2)CCC3)CN(Cc2ccccc2)C1. The molecule has 1 aliphatic heterocycles. The van der Waals surface area contributed by atoms with Crippen molar-refractivity contribution in [3.63, 3.8) is 0 Å². The third-order valence-corrected chi connectivity index (χ3v) is 6.68. The fourth-order valence-corrected chi connectivity index (χ4v) is 5.00. The summed E-state index contributed by atoms with van der Waals surface area (Å²) in [7, 11) is 0. The molecule has 7 heteroatoms. The Morgan fingerprint density at radius 2 is 1.59 bits per heavy atom. The van der Waals surface area contributed by atoms with Gasteiger partial charge in [-0.15, -0.1) is 0 Å². The van der Waals surface area contributed by atoms with Gasteiger partial charge in [-0.2, -0.15) is 0 Å². The second-order valence-electron chi connectivity index (χ2n) is 9.41. The van der Waals surface area contributed by atoms with Gasteiger partial charge in [0.2, 0.25) is 17.7 Å². The van der Waals surface area contributed by atoms with Crippen LogP contribution in [0.25, 0.3) is 0 Å². The van der Waals surface area contributed by atoms with Crippen LogP contribution >= 0.6 is 0 Å². The smallest absolute Gasteiger partial charge is 0.228 e. The van der Waals surface area contributed by atoms with E-state index in [1.807, 2.05) is 24.3 Å².